The molecule has 1 aliphatic rings. The van der Waals surface area contributed by atoms with Crippen molar-refractivity contribution < 1.29 is 0 Å². The first kappa shape index (κ1) is 10.9. The summed E-state index contributed by atoms with van der Waals surface area (Å²) < 4.78 is 0. The topological polar surface area (TPSA) is 12.0 Å². The molecule has 82 valence electrons. The van der Waals surface area contributed by atoms with Crippen LogP contribution in [0.4, 0.5) is 5.69 Å². The molecule has 1 N–H and O–H groups in total. The van der Waals surface area contributed by atoms with Crippen LogP contribution in [0.5, 0.6) is 0 Å². The van der Waals surface area contributed by atoms with Gasteiger partial charge in [0.2, 0.25) is 0 Å². The number of hydrogen-bond acceptors (Lipinski definition) is 2. The lowest BCUT2D eigenvalue weighted by atomic mass is 10.1. The quantitative estimate of drug-likeness (QED) is 0.774. The molecule has 1 nitrogen and oxygen atoms in total. The minimum atomic E-state index is 0.688. The summed E-state index contributed by atoms with van der Waals surface area (Å²) in [6, 6.07) is 9.28. The first-order chi connectivity index (χ1) is 7.29. The van der Waals surface area contributed by atoms with E-state index in [0.717, 1.165) is 5.92 Å². The first-order valence-electron chi connectivity index (χ1n) is 5.69. The van der Waals surface area contributed by atoms with Crippen molar-refractivity contribution in [2.75, 3.05) is 11.6 Å². The second-order valence-corrected chi connectivity index (χ2v) is 5.31. The molecule has 2 rings (SSSR count). The Morgan fingerprint density at radius 2 is 2.07 bits per heavy atom. The normalized spacial score (nSPS) is 25.5. The fraction of sp³-hybridized carbons (Fsp3) is 0.538. The summed E-state index contributed by atoms with van der Waals surface area (Å²) >= 11 is 1.82. The maximum Gasteiger partial charge on any atom is 0.0480 e. The van der Waals surface area contributed by atoms with Gasteiger partial charge in [0.1, 0.15) is 0 Å². The van der Waals surface area contributed by atoms with Gasteiger partial charge in [0.25, 0.3) is 0 Å². The zero-order chi connectivity index (χ0) is 10.7. The van der Waals surface area contributed by atoms with Crippen molar-refractivity contribution in [3.63, 3.8) is 0 Å². The van der Waals surface area contributed by atoms with E-state index in [-0.39, 0.29) is 0 Å². The molecule has 2 heteroatoms. The number of para-hydroxylation sites is 1. The van der Waals surface area contributed by atoms with Gasteiger partial charge in [-0.1, -0.05) is 19.1 Å². The van der Waals surface area contributed by atoms with Crippen LogP contribution in [-0.2, 0) is 0 Å². The minimum absolute atomic E-state index is 0.688. The molecule has 1 aromatic carbocycles. The van der Waals surface area contributed by atoms with Gasteiger partial charge < -0.3 is 5.32 Å². The van der Waals surface area contributed by atoms with Gasteiger partial charge in [-0.15, -0.1) is 11.8 Å². The Morgan fingerprint density at radius 1 is 1.27 bits per heavy atom. The van der Waals surface area contributed by atoms with Gasteiger partial charge in [-0.2, -0.15) is 0 Å². The lowest BCUT2D eigenvalue weighted by Crippen LogP contribution is -2.15. The third-order valence-electron chi connectivity index (χ3n) is 3.16. The summed E-state index contributed by atoms with van der Waals surface area (Å²) in [5.41, 5.74) is 1.31. The lowest BCUT2D eigenvalue weighted by Gasteiger charge is -2.16. The molecule has 0 spiro atoms. The van der Waals surface area contributed by atoms with Crippen LogP contribution in [0.15, 0.2) is 29.2 Å². The third-order valence-corrected chi connectivity index (χ3v) is 3.96. The summed E-state index contributed by atoms with van der Waals surface area (Å²) in [4.78, 5) is 1.36. The van der Waals surface area contributed by atoms with Crippen LogP contribution in [0.2, 0.25) is 0 Å². The molecule has 0 unspecified atom stereocenters. The summed E-state index contributed by atoms with van der Waals surface area (Å²) in [6.07, 6.45) is 6.16. The maximum atomic E-state index is 3.67. The Balaban J connectivity index is 2.04. The van der Waals surface area contributed by atoms with E-state index in [0.29, 0.717) is 6.04 Å². The number of anilines is 1. The molecule has 1 aliphatic carbocycles. The van der Waals surface area contributed by atoms with Gasteiger partial charge in [-0.05, 0) is 43.6 Å². The SMILES string of the molecule is CSc1ccccc1N[C@@H]1CC[C@H](C)C1. The highest BCUT2D eigenvalue weighted by molar-refractivity contribution is 7.98. The summed E-state index contributed by atoms with van der Waals surface area (Å²) in [5, 5.41) is 3.67. The smallest absolute Gasteiger partial charge is 0.0480 e. The minimum Gasteiger partial charge on any atom is -0.381 e. The second-order valence-electron chi connectivity index (χ2n) is 4.46. The van der Waals surface area contributed by atoms with E-state index in [1.54, 1.807) is 0 Å². The highest BCUT2D eigenvalue weighted by atomic mass is 32.2. The number of nitrogens with one attached hydrogen (secondary N) is 1. The van der Waals surface area contributed by atoms with Gasteiger partial charge in [-0.25, -0.2) is 0 Å². The van der Waals surface area contributed by atoms with Gasteiger partial charge in [0.05, 0.1) is 0 Å². The summed E-state index contributed by atoms with van der Waals surface area (Å²) in [5.74, 6) is 0.893. The standard InChI is InChI=1S/C13H19NS/c1-10-7-8-11(9-10)14-12-5-3-4-6-13(12)15-2/h3-6,10-11,14H,7-9H2,1-2H3/t10-,11+/m0/s1. The molecule has 0 heterocycles. The molecule has 0 aliphatic heterocycles. The second kappa shape index (κ2) is 4.93. The van der Waals surface area contributed by atoms with Crippen molar-refractivity contribution >= 4 is 17.4 Å². The Bertz CT molecular complexity index is 324. The molecule has 1 fully saturated rings. The fourth-order valence-electron chi connectivity index (χ4n) is 2.32. The predicted molar refractivity (Wildman–Crippen MR) is 68.6 cm³/mol. The van der Waals surface area contributed by atoms with Crippen molar-refractivity contribution in [3.8, 4) is 0 Å². The first-order valence-corrected chi connectivity index (χ1v) is 6.91. The zero-order valence-corrected chi connectivity index (χ0v) is 10.3. The molecule has 0 amide bonds. The van der Waals surface area contributed by atoms with Crippen molar-refractivity contribution in [3.05, 3.63) is 24.3 Å². The molecule has 2 atom stereocenters. The van der Waals surface area contributed by atoms with Gasteiger partial charge in [0, 0.05) is 16.6 Å². The number of hydrogen-bond donors (Lipinski definition) is 1. The average Bonchev–Trinajstić information content (AvgIpc) is 2.65. The lowest BCUT2D eigenvalue weighted by molar-refractivity contribution is 0.602. The predicted octanol–water partition coefficient (Wildman–Crippen LogP) is 4.01. The molecule has 0 saturated heterocycles. The largest absolute Gasteiger partial charge is 0.381 e. The van der Waals surface area contributed by atoms with Crippen molar-refractivity contribution in [1.82, 2.24) is 0 Å². The van der Waals surface area contributed by atoms with Gasteiger partial charge >= 0.3 is 0 Å². The van der Waals surface area contributed by atoms with Crippen LogP contribution in [0.3, 0.4) is 0 Å². The molecule has 1 aromatic rings. The van der Waals surface area contributed by atoms with Crippen molar-refractivity contribution in [2.24, 2.45) is 5.92 Å². The van der Waals surface area contributed by atoms with Gasteiger partial charge in [-0.3, -0.25) is 0 Å². The molecule has 0 bridgehead atoms. The molecule has 15 heavy (non-hydrogen) atoms. The number of thioether (sulfide) groups is 1. The van der Waals surface area contributed by atoms with Crippen LogP contribution < -0.4 is 5.32 Å². The third kappa shape index (κ3) is 2.69. The highest BCUT2D eigenvalue weighted by Crippen LogP contribution is 2.31. The molecule has 1 saturated carbocycles. The van der Waals surface area contributed by atoms with Crippen LogP contribution in [0.25, 0.3) is 0 Å². The maximum absolute atomic E-state index is 3.67. The Hall–Kier alpha value is -0.630. The van der Waals surface area contributed by atoms with E-state index >= 15 is 0 Å². The van der Waals surface area contributed by atoms with Crippen molar-refractivity contribution in [2.45, 2.75) is 37.1 Å². The highest BCUT2D eigenvalue weighted by Gasteiger charge is 2.21. The molecule has 0 aromatic heterocycles. The van der Waals surface area contributed by atoms with E-state index in [1.165, 1.54) is 29.8 Å². The van der Waals surface area contributed by atoms with Gasteiger partial charge in [0.15, 0.2) is 0 Å². The van der Waals surface area contributed by atoms with E-state index in [1.807, 2.05) is 11.8 Å². The Labute approximate surface area is 96.7 Å². The summed E-state index contributed by atoms with van der Waals surface area (Å²) in [7, 11) is 0. The van der Waals surface area contributed by atoms with Crippen LogP contribution >= 0.6 is 11.8 Å². The molecular weight excluding hydrogens is 202 g/mol. The molecule has 0 radical (unpaired) electrons. The van der Waals surface area contributed by atoms with E-state index < -0.39 is 0 Å². The monoisotopic (exact) mass is 221 g/mol. The number of benzene rings is 1. The average molecular weight is 221 g/mol. The fourth-order valence-corrected chi connectivity index (χ4v) is 2.88. The zero-order valence-electron chi connectivity index (χ0n) is 9.49. The van der Waals surface area contributed by atoms with Crippen molar-refractivity contribution in [1.29, 1.82) is 0 Å². The van der Waals surface area contributed by atoms with E-state index in [4.69, 9.17) is 0 Å². The molecular formula is C13H19NS. The van der Waals surface area contributed by atoms with Crippen LogP contribution in [0, 0.1) is 5.92 Å². The Kier molecular flexibility index (Phi) is 3.57. The van der Waals surface area contributed by atoms with Crippen LogP contribution in [-0.4, -0.2) is 12.3 Å². The van der Waals surface area contributed by atoms with E-state index in [2.05, 4.69) is 42.8 Å². The Morgan fingerprint density at radius 3 is 2.73 bits per heavy atom. The van der Waals surface area contributed by atoms with Crippen LogP contribution in [0.1, 0.15) is 26.2 Å². The number of rotatable bonds is 3. The summed E-state index contributed by atoms with van der Waals surface area (Å²) in [6.45, 7) is 2.35. The van der Waals surface area contributed by atoms with E-state index in [9.17, 15) is 0 Å².